The number of hydrogen-bond donors (Lipinski definition) is 1. The van der Waals surface area contributed by atoms with Gasteiger partial charge in [0.2, 0.25) is 0 Å². The van der Waals surface area contributed by atoms with Crippen molar-refractivity contribution in [3.05, 3.63) is 59.7 Å². The average molecular weight is 344 g/mol. The molecule has 24 heavy (non-hydrogen) atoms. The Morgan fingerprint density at radius 3 is 2.46 bits per heavy atom. The fraction of sp³-hybridized carbons (Fsp3) is 0.278. The summed E-state index contributed by atoms with van der Waals surface area (Å²) in [6, 6.07) is 14.8. The van der Waals surface area contributed by atoms with Gasteiger partial charge >= 0.3 is 0 Å². The first kappa shape index (κ1) is 18.0. The Morgan fingerprint density at radius 2 is 1.88 bits per heavy atom. The Morgan fingerprint density at radius 1 is 1.21 bits per heavy atom. The molecule has 0 fully saturated rings. The monoisotopic (exact) mass is 344 g/mol. The maximum Gasteiger partial charge on any atom is 0.179 e. The van der Waals surface area contributed by atoms with Crippen LogP contribution in [0.25, 0.3) is 0 Å². The van der Waals surface area contributed by atoms with Crippen molar-refractivity contribution in [1.82, 2.24) is 4.90 Å². The van der Waals surface area contributed by atoms with Crippen LogP contribution < -0.4 is 0 Å². The van der Waals surface area contributed by atoms with E-state index in [0.29, 0.717) is 12.1 Å². The Balaban J connectivity index is 2.04. The molecule has 126 valence electrons. The third-order valence-corrected chi connectivity index (χ3v) is 5.78. The van der Waals surface area contributed by atoms with E-state index in [1.54, 1.807) is 18.2 Å². The van der Waals surface area contributed by atoms with Crippen LogP contribution in [0.1, 0.15) is 24.1 Å². The molecule has 0 aliphatic carbocycles. The fourth-order valence-electron chi connectivity index (χ4n) is 2.35. The summed E-state index contributed by atoms with van der Waals surface area (Å²) in [6.45, 7) is 2.32. The van der Waals surface area contributed by atoms with Crippen LogP contribution in [0.2, 0.25) is 0 Å². The zero-order chi connectivity index (χ0) is 17.7. The quantitative estimate of drug-likeness (QED) is 0.871. The second-order valence-electron chi connectivity index (χ2n) is 5.71. The Labute approximate surface area is 142 Å². The fourth-order valence-corrected chi connectivity index (χ4v) is 3.67. The van der Waals surface area contributed by atoms with Crippen LogP contribution in [-0.2, 0) is 9.84 Å². The molecule has 2 rings (SSSR count). The highest BCUT2D eigenvalue weighted by molar-refractivity contribution is 7.91. The van der Waals surface area contributed by atoms with Crippen molar-refractivity contribution in [2.24, 2.45) is 0 Å². The molecule has 1 N–H and O–H groups in total. The van der Waals surface area contributed by atoms with E-state index in [9.17, 15) is 13.5 Å². The van der Waals surface area contributed by atoms with Gasteiger partial charge in [0.05, 0.1) is 22.3 Å². The van der Waals surface area contributed by atoms with E-state index >= 15 is 0 Å². The third-order valence-electron chi connectivity index (χ3n) is 4.07. The van der Waals surface area contributed by atoms with Gasteiger partial charge in [-0.05, 0) is 55.9 Å². The summed E-state index contributed by atoms with van der Waals surface area (Å²) in [5, 5.41) is 18.3. The normalized spacial score (nSPS) is 12.8. The highest BCUT2D eigenvalue weighted by Gasteiger charge is 2.18. The molecule has 0 aliphatic rings. The highest BCUT2D eigenvalue weighted by atomic mass is 32.2. The van der Waals surface area contributed by atoms with Crippen molar-refractivity contribution in [2.45, 2.75) is 17.9 Å². The number of sulfone groups is 1. The summed E-state index contributed by atoms with van der Waals surface area (Å²) >= 11 is 0. The molecule has 2 aromatic carbocycles. The molecular formula is C18H20N2O3S. The van der Waals surface area contributed by atoms with Gasteiger partial charge in [-0.25, -0.2) is 8.42 Å². The summed E-state index contributed by atoms with van der Waals surface area (Å²) in [6.07, 6.45) is 0. The third kappa shape index (κ3) is 4.34. The molecule has 0 aliphatic heterocycles. The number of rotatable bonds is 6. The van der Waals surface area contributed by atoms with E-state index < -0.39 is 9.84 Å². The smallest absolute Gasteiger partial charge is 0.179 e. The van der Waals surface area contributed by atoms with E-state index in [2.05, 4.69) is 0 Å². The van der Waals surface area contributed by atoms with Crippen LogP contribution in [0, 0.1) is 11.3 Å². The highest BCUT2D eigenvalue weighted by Crippen LogP contribution is 2.22. The van der Waals surface area contributed by atoms with Gasteiger partial charge in [0.1, 0.15) is 5.75 Å². The van der Waals surface area contributed by atoms with Crippen LogP contribution in [0.15, 0.2) is 53.4 Å². The lowest BCUT2D eigenvalue weighted by Gasteiger charge is -2.25. The van der Waals surface area contributed by atoms with Crippen LogP contribution >= 0.6 is 0 Å². The molecule has 0 aromatic heterocycles. The molecule has 5 nitrogen and oxygen atoms in total. The number of aromatic hydroxyl groups is 1. The van der Waals surface area contributed by atoms with Crippen molar-refractivity contribution in [1.29, 1.82) is 5.26 Å². The summed E-state index contributed by atoms with van der Waals surface area (Å²) < 4.78 is 24.8. The lowest BCUT2D eigenvalue weighted by atomic mass is 10.1. The summed E-state index contributed by atoms with van der Waals surface area (Å²) in [5.41, 5.74) is 1.36. The maximum absolute atomic E-state index is 12.4. The van der Waals surface area contributed by atoms with Crippen molar-refractivity contribution in [3.8, 4) is 11.8 Å². The van der Waals surface area contributed by atoms with Gasteiger partial charge in [-0.2, -0.15) is 5.26 Å². The Kier molecular flexibility index (Phi) is 5.60. The molecule has 1 unspecified atom stereocenters. The minimum absolute atomic E-state index is 0.0153. The number of phenolic OH excluding ortho intramolecular Hbond substituents is 1. The van der Waals surface area contributed by atoms with Gasteiger partial charge in [-0.1, -0.05) is 12.1 Å². The predicted octanol–water partition coefficient (Wildman–Crippen LogP) is 2.73. The van der Waals surface area contributed by atoms with Gasteiger partial charge in [-0.15, -0.1) is 0 Å². The van der Waals surface area contributed by atoms with E-state index in [4.69, 9.17) is 5.26 Å². The molecule has 6 heteroatoms. The zero-order valence-corrected chi connectivity index (χ0v) is 14.5. The molecule has 0 amide bonds. The Hall–Kier alpha value is -2.36. The molecule has 0 spiro atoms. The molecule has 0 bridgehead atoms. The maximum atomic E-state index is 12.4. The lowest BCUT2D eigenvalue weighted by Crippen LogP contribution is -2.28. The molecule has 0 heterocycles. The van der Waals surface area contributed by atoms with Gasteiger partial charge < -0.3 is 5.11 Å². The molecule has 1 atom stereocenters. The van der Waals surface area contributed by atoms with E-state index in [1.807, 2.05) is 31.0 Å². The van der Waals surface area contributed by atoms with Gasteiger partial charge in [-0.3, -0.25) is 4.90 Å². The van der Waals surface area contributed by atoms with E-state index in [-0.39, 0.29) is 22.4 Å². The van der Waals surface area contributed by atoms with Crippen molar-refractivity contribution in [2.75, 3.05) is 19.3 Å². The van der Waals surface area contributed by atoms with E-state index in [0.717, 1.165) is 5.56 Å². The molecule has 2 aromatic rings. The number of phenols is 1. The zero-order valence-electron chi connectivity index (χ0n) is 13.7. The average Bonchev–Trinajstić information content (AvgIpc) is 2.59. The minimum atomic E-state index is -3.40. The van der Waals surface area contributed by atoms with Gasteiger partial charge in [0.25, 0.3) is 0 Å². The Bertz CT molecular complexity index is 839. The van der Waals surface area contributed by atoms with Gasteiger partial charge in [0.15, 0.2) is 9.84 Å². The van der Waals surface area contributed by atoms with Crippen LogP contribution in [0.3, 0.4) is 0 Å². The molecule has 0 saturated carbocycles. The van der Waals surface area contributed by atoms with E-state index in [1.165, 1.54) is 24.3 Å². The first-order chi connectivity index (χ1) is 11.3. The van der Waals surface area contributed by atoms with Crippen molar-refractivity contribution in [3.63, 3.8) is 0 Å². The largest absolute Gasteiger partial charge is 0.508 e. The van der Waals surface area contributed by atoms with Crippen molar-refractivity contribution < 1.29 is 13.5 Å². The first-order valence-electron chi connectivity index (χ1n) is 7.55. The number of benzene rings is 2. The van der Waals surface area contributed by atoms with Crippen LogP contribution in [0.5, 0.6) is 5.75 Å². The second kappa shape index (κ2) is 7.47. The summed E-state index contributed by atoms with van der Waals surface area (Å²) in [7, 11) is -1.55. The summed E-state index contributed by atoms with van der Waals surface area (Å²) in [5.74, 6) is 0.177. The topological polar surface area (TPSA) is 81.4 Å². The number of nitriles is 1. The number of hydrogen-bond acceptors (Lipinski definition) is 5. The van der Waals surface area contributed by atoms with Gasteiger partial charge in [0, 0.05) is 12.6 Å². The first-order valence-corrected chi connectivity index (χ1v) is 9.21. The standard InChI is InChI=1S/C18H20N2O3S/c1-14(16-4-3-5-17(21)12-16)20(2)10-11-24(22,23)18-8-6-15(13-19)7-9-18/h3-9,12,14,21H,10-11H2,1-2H3. The minimum Gasteiger partial charge on any atom is -0.508 e. The summed E-state index contributed by atoms with van der Waals surface area (Å²) in [4.78, 5) is 2.15. The SMILES string of the molecule is CC(c1cccc(O)c1)N(C)CCS(=O)(=O)c1ccc(C#N)cc1. The number of nitrogens with zero attached hydrogens (tertiary/aromatic N) is 2. The molecular weight excluding hydrogens is 324 g/mol. The van der Waals surface area contributed by atoms with Crippen LogP contribution in [-0.4, -0.2) is 37.8 Å². The van der Waals surface area contributed by atoms with Crippen molar-refractivity contribution >= 4 is 9.84 Å². The van der Waals surface area contributed by atoms with Crippen LogP contribution in [0.4, 0.5) is 0 Å². The molecule has 0 saturated heterocycles. The molecule has 0 radical (unpaired) electrons. The second-order valence-corrected chi connectivity index (χ2v) is 7.82. The predicted molar refractivity (Wildman–Crippen MR) is 92.4 cm³/mol. The lowest BCUT2D eigenvalue weighted by molar-refractivity contribution is 0.276.